The van der Waals surface area contributed by atoms with E-state index in [0.29, 0.717) is 18.1 Å². The number of hydrogen-bond donors (Lipinski definition) is 1. The molecular weight excluding hydrogens is 370 g/mol. The number of amides is 2. The minimum atomic E-state index is -0.0975. The summed E-state index contributed by atoms with van der Waals surface area (Å²) in [7, 11) is 3.99. The Morgan fingerprint density at radius 2 is 1.93 bits per heavy atom. The van der Waals surface area contributed by atoms with Crippen LogP contribution in [0.1, 0.15) is 31.2 Å². The van der Waals surface area contributed by atoms with Gasteiger partial charge in [-0.3, -0.25) is 14.5 Å². The third-order valence-electron chi connectivity index (χ3n) is 4.56. The average molecular weight is 398 g/mol. The standard InChI is InChI=1S/C22H27N3O2S/c1-15(2)12-20(26)23-17-7-5-6-16(13-17)22-25(21(27)14-28-22)19-10-8-18(9-11-19)24(3)4/h5-11,13,15,22H,12,14H2,1-4H3,(H,23,26). The van der Waals surface area contributed by atoms with Crippen molar-refractivity contribution in [2.75, 3.05) is 35.0 Å². The molecule has 1 saturated heterocycles. The smallest absolute Gasteiger partial charge is 0.238 e. The molecule has 0 saturated carbocycles. The summed E-state index contributed by atoms with van der Waals surface area (Å²) in [5.74, 6) is 0.872. The van der Waals surface area contributed by atoms with Crippen LogP contribution in [-0.2, 0) is 9.59 Å². The van der Waals surface area contributed by atoms with E-state index in [2.05, 4.69) is 5.32 Å². The number of carbonyl (C=O) groups is 2. The van der Waals surface area contributed by atoms with Crippen molar-refractivity contribution in [3.63, 3.8) is 0 Å². The summed E-state index contributed by atoms with van der Waals surface area (Å²) < 4.78 is 0. The zero-order chi connectivity index (χ0) is 20.3. The lowest BCUT2D eigenvalue weighted by Gasteiger charge is -2.25. The molecule has 0 aromatic heterocycles. The molecule has 148 valence electrons. The third-order valence-corrected chi connectivity index (χ3v) is 5.77. The van der Waals surface area contributed by atoms with Crippen LogP contribution in [0.5, 0.6) is 0 Å². The molecule has 1 aliphatic heterocycles. The molecule has 1 atom stereocenters. The molecule has 28 heavy (non-hydrogen) atoms. The highest BCUT2D eigenvalue weighted by molar-refractivity contribution is 8.00. The van der Waals surface area contributed by atoms with E-state index in [1.165, 1.54) is 0 Å². The average Bonchev–Trinajstić information content (AvgIpc) is 3.02. The first-order valence-electron chi connectivity index (χ1n) is 9.46. The lowest BCUT2D eigenvalue weighted by atomic mass is 10.1. The maximum atomic E-state index is 12.6. The highest BCUT2D eigenvalue weighted by Gasteiger charge is 2.34. The maximum absolute atomic E-state index is 12.6. The normalized spacial score (nSPS) is 16.5. The minimum Gasteiger partial charge on any atom is -0.378 e. The van der Waals surface area contributed by atoms with Crippen molar-refractivity contribution in [1.29, 1.82) is 0 Å². The fourth-order valence-corrected chi connectivity index (χ4v) is 4.38. The first-order chi connectivity index (χ1) is 13.3. The fraction of sp³-hybridized carbons (Fsp3) is 0.364. The van der Waals surface area contributed by atoms with Gasteiger partial charge in [-0.1, -0.05) is 26.0 Å². The van der Waals surface area contributed by atoms with E-state index in [4.69, 9.17) is 0 Å². The largest absolute Gasteiger partial charge is 0.378 e. The number of rotatable bonds is 6. The molecule has 1 heterocycles. The van der Waals surface area contributed by atoms with Gasteiger partial charge in [0.1, 0.15) is 5.37 Å². The zero-order valence-electron chi connectivity index (χ0n) is 16.8. The van der Waals surface area contributed by atoms with Gasteiger partial charge in [-0.05, 0) is 47.9 Å². The zero-order valence-corrected chi connectivity index (χ0v) is 17.6. The summed E-state index contributed by atoms with van der Waals surface area (Å²) in [6.45, 7) is 4.05. The predicted octanol–water partition coefficient (Wildman–Crippen LogP) is 4.52. The number of anilines is 3. The summed E-state index contributed by atoms with van der Waals surface area (Å²) in [6, 6.07) is 15.8. The molecule has 3 rings (SSSR count). The molecule has 6 heteroatoms. The predicted molar refractivity (Wildman–Crippen MR) is 118 cm³/mol. The Bertz CT molecular complexity index is 849. The molecule has 0 radical (unpaired) electrons. The van der Waals surface area contributed by atoms with Gasteiger partial charge in [-0.15, -0.1) is 11.8 Å². The molecule has 0 aliphatic carbocycles. The van der Waals surface area contributed by atoms with E-state index < -0.39 is 0 Å². The van der Waals surface area contributed by atoms with Crippen molar-refractivity contribution in [2.24, 2.45) is 5.92 Å². The molecule has 5 nitrogen and oxygen atoms in total. The molecule has 1 unspecified atom stereocenters. The van der Waals surface area contributed by atoms with Gasteiger partial charge < -0.3 is 10.2 Å². The topological polar surface area (TPSA) is 52.7 Å². The number of carbonyl (C=O) groups excluding carboxylic acids is 2. The van der Waals surface area contributed by atoms with Crippen LogP contribution in [-0.4, -0.2) is 31.7 Å². The van der Waals surface area contributed by atoms with Crippen molar-refractivity contribution >= 4 is 40.6 Å². The highest BCUT2D eigenvalue weighted by atomic mass is 32.2. The van der Waals surface area contributed by atoms with Crippen LogP contribution < -0.4 is 15.1 Å². The number of thioether (sulfide) groups is 1. The Kier molecular flexibility index (Phi) is 6.29. The lowest BCUT2D eigenvalue weighted by molar-refractivity contribution is -0.117. The maximum Gasteiger partial charge on any atom is 0.238 e. The molecule has 1 fully saturated rings. The molecule has 0 bridgehead atoms. The van der Waals surface area contributed by atoms with Crippen LogP contribution >= 0.6 is 11.8 Å². The summed E-state index contributed by atoms with van der Waals surface area (Å²) in [5.41, 5.74) is 3.76. The minimum absolute atomic E-state index is 0.0124. The van der Waals surface area contributed by atoms with Gasteiger partial charge in [-0.25, -0.2) is 0 Å². The first kappa shape index (κ1) is 20.3. The van der Waals surface area contributed by atoms with Gasteiger partial charge in [0, 0.05) is 37.6 Å². The SMILES string of the molecule is CC(C)CC(=O)Nc1cccc(C2SCC(=O)N2c2ccc(N(C)C)cc2)c1. The van der Waals surface area contributed by atoms with Crippen LogP contribution in [0, 0.1) is 5.92 Å². The lowest BCUT2D eigenvalue weighted by Crippen LogP contribution is -2.27. The Morgan fingerprint density at radius 1 is 1.21 bits per heavy atom. The molecule has 1 N–H and O–H groups in total. The summed E-state index contributed by atoms with van der Waals surface area (Å²) >= 11 is 1.61. The number of benzene rings is 2. The quantitative estimate of drug-likeness (QED) is 0.779. The number of hydrogen-bond acceptors (Lipinski definition) is 4. The van der Waals surface area contributed by atoms with Gasteiger partial charge >= 0.3 is 0 Å². The van der Waals surface area contributed by atoms with E-state index in [1.807, 2.05) is 86.3 Å². The van der Waals surface area contributed by atoms with Crippen LogP contribution in [0.4, 0.5) is 17.1 Å². The van der Waals surface area contributed by atoms with Crippen LogP contribution in [0.2, 0.25) is 0 Å². The monoisotopic (exact) mass is 397 g/mol. The second-order valence-corrected chi connectivity index (χ2v) is 8.68. The van der Waals surface area contributed by atoms with Crippen molar-refractivity contribution < 1.29 is 9.59 Å². The molecule has 2 amide bonds. The van der Waals surface area contributed by atoms with Crippen molar-refractivity contribution in [1.82, 2.24) is 0 Å². The van der Waals surface area contributed by atoms with Crippen LogP contribution in [0.25, 0.3) is 0 Å². The van der Waals surface area contributed by atoms with E-state index >= 15 is 0 Å². The molecule has 0 spiro atoms. The molecular formula is C22H27N3O2S. The summed E-state index contributed by atoms with van der Waals surface area (Å²) in [5, 5.41) is 2.87. The van der Waals surface area contributed by atoms with Gasteiger partial charge in [0.15, 0.2) is 0 Å². The van der Waals surface area contributed by atoms with Crippen LogP contribution in [0.15, 0.2) is 48.5 Å². The molecule has 2 aromatic carbocycles. The fourth-order valence-electron chi connectivity index (χ4n) is 3.21. The van der Waals surface area contributed by atoms with E-state index in [1.54, 1.807) is 11.8 Å². The van der Waals surface area contributed by atoms with Crippen molar-refractivity contribution in [3.8, 4) is 0 Å². The third kappa shape index (κ3) is 4.68. The van der Waals surface area contributed by atoms with Crippen molar-refractivity contribution in [3.05, 3.63) is 54.1 Å². The van der Waals surface area contributed by atoms with Gasteiger partial charge in [0.05, 0.1) is 5.75 Å². The van der Waals surface area contributed by atoms with Gasteiger partial charge in [0.25, 0.3) is 0 Å². The Hall–Kier alpha value is -2.47. The summed E-state index contributed by atoms with van der Waals surface area (Å²) in [4.78, 5) is 28.6. The second-order valence-electron chi connectivity index (χ2n) is 7.61. The van der Waals surface area contributed by atoms with Crippen LogP contribution in [0.3, 0.4) is 0 Å². The Labute approximate surface area is 171 Å². The van der Waals surface area contributed by atoms with E-state index in [0.717, 1.165) is 22.6 Å². The first-order valence-corrected chi connectivity index (χ1v) is 10.5. The van der Waals surface area contributed by atoms with E-state index in [-0.39, 0.29) is 17.2 Å². The highest BCUT2D eigenvalue weighted by Crippen LogP contribution is 2.42. The Balaban J connectivity index is 1.82. The number of nitrogens with zero attached hydrogens (tertiary/aromatic N) is 2. The second kappa shape index (κ2) is 8.69. The molecule has 2 aromatic rings. The van der Waals surface area contributed by atoms with Gasteiger partial charge in [0.2, 0.25) is 11.8 Å². The van der Waals surface area contributed by atoms with E-state index in [9.17, 15) is 9.59 Å². The van der Waals surface area contributed by atoms with Gasteiger partial charge in [-0.2, -0.15) is 0 Å². The molecule has 1 aliphatic rings. The van der Waals surface area contributed by atoms with Crippen molar-refractivity contribution in [2.45, 2.75) is 25.6 Å². The Morgan fingerprint density at radius 3 is 2.57 bits per heavy atom. The number of nitrogens with one attached hydrogen (secondary N) is 1. The summed E-state index contributed by atoms with van der Waals surface area (Å²) in [6.07, 6.45) is 0.491.